The van der Waals surface area contributed by atoms with E-state index in [1.165, 1.54) is 17.9 Å². The number of hydrogen-bond acceptors (Lipinski definition) is 5. The Bertz CT molecular complexity index is 1310. The summed E-state index contributed by atoms with van der Waals surface area (Å²) in [5.74, 6) is 0.393. The highest BCUT2D eigenvalue weighted by molar-refractivity contribution is 6.30. The van der Waals surface area contributed by atoms with E-state index in [1.807, 2.05) is 48.3 Å². The number of carbonyl (C=O) groups excluding carboxylic acids is 1. The molecule has 3 aromatic rings. The quantitative estimate of drug-likeness (QED) is 0.266. The van der Waals surface area contributed by atoms with Crippen LogP contribution in [0, 0.1) is 0 Å². The molecule has 0 aliphatic carbocycles. The number of aromatic nitrogens is 2. The zero-order valence-corrected chi connectivity index (χ0v) is 21.9. The summed E-state index contributed by atoms with van der Waals surface area (Å²) >= 11 is 6.03. The highest BCUT2D eigenvalue weighted by atomic mass is 35.5. The maximum Gasteiger partial charge on any atom is 0.337 e. The van der Waals surface area contributed by atoms with Crippen molar-refractivity contribution in [1.29, 1.82) is 0 Å². The summed E-state index contributed by atoms with van der Waals surface area (Å²) in [6.07, 6.45) is 4.61. The van der Waals surface area contributed by atoms with Crippen LogP contribution in [0.3, 0.4) is 0 Å². The van der Waals surface area contributed by atoms with Gasteiger partial charge in [-0.3, -0.25) is 13.9 Å². The average molecular weight is 509 g/mol. The number of unbranched alkanes of at least 4 members (excludes halogenated alkanes) is 2. The minimum Gasteiger partial charge on any atom is -0.465 e. The second-order valence-corrected chi connectivity index (χ2v) is 8.98. The summed E-state index contributed by atoms with van der Waals surface area (Å²) in [6, 6.07) is 16.4. The standard InChI is InChI=1S/C28H33ClN4O3/c1-5-7-8-17-33-25(31(3)20-22-9-13-23(14-10-22)27(35)36-4)18-26(34)32(6-2)28(33)30-19-21-11-15-24(29)16-12-21/h6,9-16,18H,2,5,7-8,17,19-20H2,1,3-4H3. The third-order valence-corrected chi connectivity index (χ3v) is 6.15. The summed E-state index contributed by atoms with van der Waals surface area (Å²) in [4.78, 5) is 31.7. The average Bonchev–Trinajstić information content (AvgIpc) is 2.89. The van der Waals surface area contributed by atoms with Gasteiger partial charge in [0.25, 0.3) is 5.56 Å². The van der Waals surface area contributed by atoms with Gasteiger partial charge < -0.3 is 9.64 Å². The molecular formula is C28H33ClN4O3. The van der Waals surface area contributed by atoms with E-state index in [0.717, 1.165) is 36.2 Å². The molecule has 0 fully saturated rings. The van der Waals surface area contributed by atoms with Crippen LogP contribution in [-0.2, 0) is 24.4 Å². The molecule has 8 heteroatoms. The summed E-state index contributed by atoms with van der Waals surface area (Å²) in [6.45, 7) is 7.67. The summed E-state index contributed by atoms with van der Waals surface area (Å²) < 4.78 is 8.35. The Morgan fingerprint density at radius 2 is 1.78 bits per heavy atom. The second kappa shape index (κ2) is 12.9. The van der Waals surface area contributed by atoms with E-state index in [0.29, 0.717) is 35.8 Å². The van der Waals surface area contributed by atoms with E-state index in [4.69, 9.17) is 21.3 Å². The van der Waals surface area contributed by atoms with Gasteiger partial charge in [-0.1, -0.05) is 62.2 Å². The van der Waals surface area contributed by atoms with Crippen LogP contribution >= 0.6 is 11.6 Å². The van der Waals surface area contributed by atoms with Crippen LogP contribution in [0.15, 0.2) is 71.0 Å². The van der Waals surface area contributed by atoms with Crippen molar-refractivity contribution < 1.29 is 9.53 Å². The molecule has 0 radical (unpaired) electrons. The van der Waals surface area contributed by atoms with Crippen LogP contribution in [0.4, 0.5) is 5.82 Å². The number of esters is 1. The Kier molecular flexibility index (Phi) is 9.70. The Morgan fingerprint density at radius 1 is 1.11 bits per heavy atom. The van der Waals surface area contributed by atoms with Gasteiger partial charge >= 0.3 is 5.97 Å². The van der Waals surface area contributed by atoms with Crippen LogP contribution in [0.1, 0.15) is 47.7 Å². The number of ether oxygens (including phenoxy) is 1. The van der Waals surface area contributed by atoms with Crippen molar-refractivity contribution in [2.45, 2.75) is 45.8 Å². The van der Waals surface area contributed by atoms with Crippen LogP contribution in [-0.4, -0.2) is 29.3 Å². The summed E-state index contributed by atoms with van der Waals surface area (Å²) in [7, 11) is 3.31. The van der Waals surface area contributed by atoms with Gasteiger partial charge in [-0.2, -0.15) is 0 Å². The lowest BCUT2D eigenvalue weighted by molar-refractivity contribution is 0.0600. The molecule has 0 saturated heterocycles. The maximum atomic E-state index is 13.1. The van der Waals surface area contributed by atoms with Crippen LogP contribution in [0.25, 0.3) is 6.20 Å². The number of hydrogen-bond donors (Lipinski definition) is 0. The highest BCUT2D eigenvalue weighted by Gasteiger charge is 2.14. The van der Waals surface area contributed by atoms with Gasteiger partial charge in [0, 0.05) is 37.4 Å². The largest absolute Gasteiger partial charge is 0.465 e. The fourth-order valence-corrected chi connectivity index (χ4v) is 4.07. The number of benzene rings is 2. The number of rotatable bonds is 11. The zero-order chi connectivity index (χ0) is 26.1. The molecule has 0 bridgehead atoms. The van der Waals surface area contributed by atoms with Gasteiger partial charge in [-0.15, -0.1) is 0 Å². The minimum atomic E-state index is -0.372. The number of halogens is 1. The SMILES string of the molecule is C=Cn1c(=O)cc(N(C)Cc2ccc(C(=O)OC)cc2)n(CCCCC)c1=NCc1ccc(Cl)cc1. The lowest BCUT2D eigenvalue weighted by atomic mass is 10.1. The van der Waals surface area contributed by atoms with Crippen molar-refractivity contribution in [2.75, 3.05) is 19.1 Å². The van der Waals surface area contributed by atoms with Crippen molar-refractivity contribution in [3.05, 3.63) is 98.9 Å². The molecule has 0 spiro atoms. The van der Waals surface area contributed by atoms with Crippen LogP contribution in [0.2, 0.25) is 5.02 Å². The monoisotopic (exact) mass is 508 g/mol. The van der Waals surface area contributed by atoms with Crippen molar-refractivity contribution in [3.8, 4) is 0 Å². The predicted molar refractivity (Wildman–Crippen MR) is 145 cm³/mol. The van der Waals surface area contributed by atoms with Crippen molar-refractivity contribution >= 4 is 29.6 Å². The molecule has 2 aromatic carbocycles. The van der Waals surface area contributed by atoms with E-state index in [2.05, 4.69) is 18.1 Å². The fraction of sp³-hybridized carbons (Fsp3) is 0.321. The summed E-state index contributed by atoms with van der Waals surface area (Å²) in [5.41, 5.74) is 2.83. The number of carbonyl (C=O) groups is 1. The maximum absolute atomic E-state index is 13.1. The Hall–Kier alpha value is -3.58. The molecule has 0 N–H and O–H groups in total. The zero-order valence-electron chi connectivity index (χ0n) is 21.1. The van der Waals surface area contributed by atoms with Gasteiger partial charge in [0.05, 0.1) is 19.2 Å². The van der Waals surface area contributed by atoms with Gasteiger partial charge in [-0.05, 0) is 41.8 Å². The van der Waals surface area contributed by atoms with E-state index < -0.39 is 0 Å². The van der Waals surface area contributed by atoms with Gasteiger partial charge in [0.15, 0.2) is 0 Å². The molecule has 7 nitrogen and oxygen atoms in total. The van der Waals surface area contributed by atoms with Crippen LogP contribution < -0.4 is 16.1 Å². The van der Waals surface area contributed by atoms with Crippen LogP contribution in [0.5, 0.6) is 0 Å². The van der Waals surface area contributed by atoms with Gasteiger partial charge in [-0.25, -0.2) is 9.79 Å². The fourth-order valence-electron chi connectivity index (χ4n) is 3.94. The first-order chi connectivity index (χ1) is 17.4. The van der Waals surface area contributed by atoms with E-state index >= 15 is 0 Å². The molecule has 1 aromatic heterocycles. The molecule has 0 atom stereocenters. The van der Waals surface area contributed by atoms with E-state index in [9.17, 15) is 9.59 Å². The molecule has 0 unspecified atom stereocenters. The Balaban J connectivity index is 2.03. The molecule has 190 valence electrons. The number of anilines is 1. The third kappa shape index (κ3) is 6.76. The summed E-state index contributed by atoms with van der Waals surface area (Å²) in [5, 5.41) is 0.666. The first-order valence-corrected chi connectivity index (χ1v) is 12.4. The minimum absolute atomic E-state index is 0.200. The molecular weight excluding hydrogens is 476 g/mol. The first-order valence-electron chi connectivity index (χ1n) is 12.0. The molecule has 0 saturated carbocycles. The first kappa shape index (κ1) is 27.0. The van der Waals surface area contributed by atoms with Gasteiger partial charge in [0.2, 0.25) is 5.62 Å². The Morgan fingerprint density at radius 3 is 2.39 bits per heavy atom. The highest BCUT2D eigenvalue weighted by Crippen LogP contribution is 2.16. The molecule has 3 rings (SSSR count). The topological polar surface area (TPSA) is 68.8 Å². The Labute approximate surface area is 216 Å². The molecule has 1 heterocycles. The molecule has 0 aliphatic heterocycles. The number of nitrogens with zero attached hydrogens (tertiary/aromatic N) is 4. The van der Waals surface area contributed by atoms with Crippen molar-refractivity contribution in [1.82, 2.24) is 9.13 Å². The third-order valence-electron chi connectivity index (χ3n) is 5.89. The van der Waals surface area contributed by atoms with Gasteiger partial charge in [0.1, 0.15) is 5.82 Å². The van der Waals surface area contributed by atoms with E-state index in [-0.39, 0.29) is 11.5 Å². The molecule has 0 aliphatic rings. The normalized spacial score (nSPS) is 11.4. The smallest absolute Gasteiger partial charge is 0.337 e. The lowest BCUT2D eigenvalue weighted by Crippen LogP contribution is -2.41. The predicted octanol–water partition coefficient (Wildman–Crippen LogP) is 5.12. The van der Waals surface area contributed by atoms with Crippen molar-refractivity contribution in [2.24, 2.45) is 4.99 Å². The molecule has 36 heavy (non-hydrogen) atoms. The van der Waals surface area contributed by atoms with E-state index in [1.54, 1.807) is 18.2 Å². The molecule has 0 amide bonds. The number of methoxy groups -OCH3 is 1. The lowest BCUT2D eigenvalue weighted by Gasteiger charge is -2.25. The second-order valence-electron chi connectivity index (χ2n) is 8.54. The van der Waals surface area contributed by atoms with Crippen molar-refractivity contribution in [3.63, 3.8) is 0 Å².